The maximum Gasteiger partial charge on any atom is 0.410 e. The van der Waals surface area contributed by atoms with Crippen molar-refractivity contribution in [1.82, 2.24) is 20.0 Å². The highest BCUT2D eigenvalue weighted by molar-refractivity contribution is 8.04. The molecule has 36 heavy (non-hydrogen) atoms. The van der Waals surface area contributed by atoms with E-state index < -0.39 is 56.5 Å². The number of amides is 1. The van der Waals surface area contributed by atoms with E-state index in [0.717, 1.165) is 6.07 Å². The summed E-state index contributed by atoms with van der Waals surface area (Å²) in [6.45, 7) is 3.63. The molecule has 2 aliphatic rings. The molecule has 4 rings (SSSR count). The fourth-order valence-electron chi connectivity index (χ4n) is 4.65. The van der Waals surface area contributed by atoms with Crippen molar-refractivity contribution in [3.8, 4) is 0 Å². The van der Waals surface area contributed by atoms with Gasteiger partial charge in [-0.3, -0.25) is 24.2 Å². The standard InChI is InChI=1S/C22H26ClF3N6O3S/c1-20(2)18(31-19(33)34)32-21(3,15-8-22(25,26)11-29-36(15,20)35)17-14(24)6-7-16(30-17)28-10-13-5-4-12(23)9-27-13/h4-7,9,15,36H,8,10-11H2,1-3H3,(H,28,30)(H,29,35)(H,31,32)(H,33,34)/t15-,21+/m1/s1. The summed E-state index contributed by atoms with van der Waals surface area (Å²) >= 11 is 5.85. The molecule has 2 atom stereocenters. The SMILES string of the molecule is CC1(C)C(NC(=O)O)=N[C@](C)(c2nc(NCc3ccc(Cl)cn3)ccc2F)[C@H]2CC(F)(F)CN[SH]21=O. The summed E-state index contributed by atoms with van der Waals surface area (Å²) in [6.07, 6.45) is -0.850. The Bertz CT molecular complexity index is 1280. The van der Waals surface area contributed by atoms with Crippen molar-refractivity contribution in [3.63, 3.8) is 0 Å². The minimum atomic E-state index is -3.84. The number of carbonyl (C=O) groups is 1. The molecule has 4 N–H and O–H groups in total. The molecule has 9 nitrogen and oxygen atoms in total. The van der Waals surface area contributed by atoms with Gasteiger partial charge in [0.25, 0.3) is 5.92 Å². The van der Waals surface area contributed by atoms with Gasteiger partial charge in [-0.2, -0.15) is 0 Å². The van der Waals surface area contributed by atoms with E-state index in [1.54, 1.807) is 12.1 Å². The molecule has 0 aromatic carbocycles. The minimum Gasteiger partial charge on any atom is -0.465 e. The van der Waals surface area contributed by atoms with Crippen molar-refractivity contribution in [3.05, 3.63) is 52.7 Å². The largest absolute Gasteiger partial charge is 0.465 e. The molecule has 0 radical (unpaired) electrons. The van der Waals surface area contributed by atoms with Crippen LogP contribution in [0, 0.1) is 5.82 Å². The fraction of sp³-hybridized carbons (Fsp3) is 0.455. The van der Waals surface area contributed by atoms with Gasteiger partial charge < -0.3 is 10.4 Å². The molecule has 0 aliphatic carbocycles. The molecule has 196 valence electrons. The van der Waals surface area contributed by atoms with Gasteiger partial charge in [-0.05, 0) is 55.2 Å². The molecule has 0 spiro atoms. The Balaban J connectivity index is 1.81. The zero-order chi connectivity index (χ0) is 26.5. The highest BCUT2D eigenvalue weighted by Crippen LogP contribution is 2.50. The van der Waals surface area contributed by atoms with E-state index in [1.165, 1.54) is 33.0 Å². The smallest absolute Gasteiger partial charge is 0.410 e. The first-order valence-corrected chi connectivity index (χ1v) is 13.2. The van der Waals surface area contributed by atoms with E-state index in [0.29, 0.717) is 10.7 Å². The van der Waals surface area contributed by atoms with Crippen LogP contribution in [0.1, 0.15) is 38.6 Å². The van der Waals surface area contributed by atoms with Gasteiger partial charge in [0.15, 0.2) is 0 Å². The quantitative estimate of drug-likeness (QED) is 0.373. The summed E-state index contributed by atoms with van der Waals surface area (Å²) in [5.74, 6) is -4.12. The van der Waals surface area contributed by atoms with E-state index in [9.17, 15) is 22.9 Å². The summed E-state index contributed by atoms with van der Waals surface area (Å²) in [6, 6.07) is 5.80. The summed E-state index contributed by atoms with van der Waals surface area (Å²) in [5, 5.41) is 13.6. The van der Waals surface area contributed by atoms with E-state index in [1.807, 2.05) is 0 Å². The second kappa shape index (κ2) is 8.96. The van der Waals surface area contributed by atoms with Crippen molar-refractivity contribution in [2.24, 2.45) is 4.99 Å². The number of aromatic nitrogens is 2. The van der Waals surface area contributed by atoms with E-state index in [-0.39, 0.29) is 23.9 Å². The van der Waals surface area contributed by atoms with Gasteiger partial charge >= 0.3 is 6.09 Å². The lowest BCUT2D eigenvalue weighted by Gasteiger charge is -2.57. The Morgan fingerprint density at radius 3 is 2.64 bits per heavy atom. The number of hydrogen-bond donors (Lipinski definition) is 5. The molecule has 0 bridgehead atoms. The van der Waals surface area contributed by atoms with Gasteiger partial charge in [0.1, 0.15) is 28.7 Å². The predicted octanol–water partition coefficient (Wildman–Crippen LogP) is 3.48. The highest BCUT2D eigenvalue weighted by atomic mass is 35.5. The van der Waals surface area contributed by atoms with Gasteiger partial charge in [0, 0.05) is 12.6 Å². The topological polar surface area (TPSA) is 129 Å². The molecule has 1 amide bonds. The lowest BCUT2D eigenvalue weighted by atomic mass is 9.88. The first-order valence-electron chi connectivity index (χ1n) is 11.0. The number of alkyl halides is 2. The lowest BCUT2D eigenvalue weighted by molar-refractivity contribution is -0.0139. The predicted molar refractivity (Wildman–Crippen MR) is 132 cm³/mol. The second-order valence-corrected chi connectivity index (χ2v) is 13.3. The van der Waals surface area contributed by atoms with Crippen molar-refractivity contribution in [2.75, 3.05) is 11.9 Å². The number of anilines is 1. The Labute approximate surface area is 211 Å². The summed E-state index contributed by atoms with van der Waals surface area (Å²) < 4.78 is 59.8. The monoisotopic (exact) mass is 546 g/mol. The molecule has 0 saturated carbocycles. The van der Waals surface area contributed by atoms with Gasteiger partial charge in [-0.25, -0.2) is 22.9 Å². The lowest BCUT2D eigenvalue weighted by Crippen LogP contribution is -2.73. The molecule has 2 aromatic heterocycles. The Morgan fingerprint density at radius 1 is 1.28 bits per heavy atom. The van der Waals surface area contributed by atoms with Gasteiger partial charge in [-0.1, -0.05) is 11.6 Å². The molecule has 2 aliphatic heterocycles. The number of carboxylic acid groups (broad SMARTS) is 1. The molecule has 0 unspecified atom stereocenters. The summed E-state index contributed by atoms with van der Waals surface area (Å²) in [7, 11) is -3.84. The molecule has 14 heteroatoms. The highest BCUT2D eigenvalue weighted by Gasteiger charge is 2.62. The van der Waals surface area contributed by atoms with Crippen molar-refractivity contribution in [2.45, 2.75) is 55.2 Å². The molecule has 1 fully saturated rings. The van der Waals surface area contributed by atoms with Crippen LogP contribution in [0.2, 0.25) is 5.02 Å². The van der Waals surface area contributed by atoms with Crippen LogP contribution in [0.15, 0.2) is 35.5 Å². The van der Waals surface area contributed by atoms with Crippen LogP contribution in [-0.2, 0) is 22.2 Å². The van der Waals surface area contributed by atoms with Gasteiger partial charge in [0.2, 0.25) is 0 Å². The van der Waals surface area contributed by atoms with E-state index in [4.69, 9.17) is 11.6 Å². The van der Waals surface area contributed by atoms with Crippen molar-refractivity contribution in [1.29, 1.82) is 0 Å². The third-order valence-electron chi connectivity index (χ3n) is 6.70. The second-order valence-electron chi connectivity index (χ2n) is 9.51. The normalized spacial score (nSPS) is 26.8. The number of fused-ring (bicyclic) bond motifs is 1. The first-order chi connectivity index (χ1) is 16.7. The maximum absolute atomic E-state index is 15.2. The van der Waals surface area contributed by atoms with E-state index >= 15 is 4.39 Å². The number of nitrogens with zero attached hydrogens (tertiary/aromatic N) is 3. The summed E-state index contributed by atoms with van der Waals surface area (Å²) in [5.41, 5.74) is -1.59. The number of pyridine rings is 2. The molecule has 1 saturated heterocycles. The molecule has 2 aromatic rings. The van der Waals surface area contributed by atoms with Gasteiger partial charge in [-0.15, -0.1) is 0 Å². The Morgan fingerprint density at radius 2 is 2.00 bits per heavy atom. The van der Waals surface area contributed by atoms with Crippen LogP contribution in [0.4, 0.5) is 23.8 Å². The Hall–Kier alpha value is -2.77. The van der Waals surface area contributed by atoms with Gasteiger partial charge in [0.05, 0.1) is 33.8 Å². The third-order valence-corrected chi connectivity index (χ3v) is 11.0. The van der Waals surface area contributed by atoms with Crippen LogP contribution in [-0.4, -0.2) is 53.7 Å². The van der Waals surface area contributed by atoms with Crippen LogP contribution in [0.3, 0.4) is 0 Å². The number of amidine groups is 1. The fourth-order valence-corrected chi connectivity index (χ4v) is 8.45. The van der Waals surface area contributed by atoms with Crippen LogP contribution in [0.25, 0.3) is 0 Å². The molecule has 4 heterocycles. The number of halogens is 4. The number of nitrogens with one attached hydrogen (secondary N) is 3. The number of aliphatic imine (C=N–C) groups is 1. The number of rotatable bonds is 4. The third kappa shape index (κ3) is 4.55. The van der Waals surface area contributed by atoms with Crippen LogP contribution in [0.5, 0.6) is 0 Å². The average Bonchev–Trinajstić information content (AvgIpc) is 2.79. The van der Waals surface area contributed by atoms with E-state index in [2.05, 4.69) is 30.3 Å². The Kier molecular flexibility index (Phi) is 6.55. The van der Waals surface area contributed by atoms with Crippen LogP contribution < -0.4 is 15.4 Å². The zero-order valence-electron chi connectivity index (χ0n) is 19.6. The molecular weight excluding hydrogens is 521 g/mol. The van der Waals surface area contributed by atoms with Crippen molar-refractivity contribution < 1.29 is 27.3 Å². The summed E-state index contributed by atoms with van der Waals surface area (Å²) in [4.78, 5) is 24.4. The van der Waals surface area contributed by atoms with Crippen LogP contribution >= 0.6 is 11.6 Å². The minimum absolute atomic E-state index is 0.197. The molecular formula is C22H26ClF3N6O3S. The van der Waals surface area contributed by atoms with Crippen molar-refractivity contribution >= 4 is 39.5 Å². The first kappa shape index (κ1) is 26.3. The zero-order valence-corrected chi connectivity index (χ0v) is 21.3. The number of hydrogen-bond acceptors (Lipinski definition) is 6. The maximum atomic E-state index is 15.2. The average molecular weight is 547 g/mol. The number of thiol groups is 1.